The van der Waals surface area contributed by atoms with Gasteiger partial charge in [-0.1, -0.05) is 23.3 Å². The van der Waals surface area contributed by atoms with E-state index in [2.05, 4.69) is 48.6 Å². The predicted octanol–water partition coefficient (Wildman–Crippen LogP) is 2.86. The lowest BCUT2D eigenvalue weighted by Crippen LogP contribution is -2.34. The number of thiol groups is 2. The van der Waals surface area contributed by atoms with Crippen LogP contribution in [0.5, 0.6) is 0 Å². The van der Waals surface area contributed by atoms with Gasteiger partial charge in [0.25, 0.3) is 8.39 Å². The van der Waals surface area contributed by atoms with Crippen molar-refractivity contribution in [2.75, 3.05) is 0 Å². The fraction of sp³-hybridized carbons (Fsp3) is 0.0714. The zero-order chi connectivity index (χ0) is 12.5. The monoisotopic (exact) mass is 307 g/mol. The highest BCUT2D eigenvalue weighted by molar-refractivity contribution is 8.28. The zero-order valence-corrected chi connectivity index (χ0v) is 12.8. The molecule has 2 aliphatic rings. The molecule has 1 aromatic rings. The van der Waals surface area contributed by atoms with Crippen LogP contribution in [-0.2, 0) is 23.5 Å². The molecule has 0 N–H and O–H groups in total. The topological polar surface area (TPSA) is 0 Å². The van der Waals surface area contributed by atoms with Gasteiger partial charge in [0, 0.05) is 0 Å². The van der Waals surface area contributed by atoms with Crippen molar-refractivity contribution in [2.45, 2.75) is 0 Å². The van der Waals surface area contributed by atoms with Gasteiger partial charge in [0.2, 0.25) is 0 Å². The Morgan fingerprint density at radius 2 is 1.83 bits per heavy atom. The molecule has 0 radical (unpaired) electrons. The van der Waals surface area contributed by atoms with E-state index in [0.29, 0.717) is 5.92 Å². The van der Waals surface area contributed by atoms with Crippen LogP contribution in [0.3, 0.4) is 0 Å². The van der Waals surface area contributed by atoms with Crippen molar-refractivity contribution in [1.29, 1.82) is 0 Å². The van der Waals surface area contributed by atoms with Gasteiger partial charge in [-0.05, 0) is 36.2 Å². The first-order chi connectivity index (χ1) is 8.75. The average molecular weight is 308 g/mol. The van der Waals surface area contributed by atoms with E-state index in [1.807, 2.05) is 0 Å². The van der Waals surface area contributed by atoms with Gasteiger partial charge < -0.3 is 0 Å². The molecule has 3 rings (SSSR count). The van der Waals surface area contributed by atoms with Crippen LogP contribution in [0, 0.1) is 16.4 Å². The summed E-state index contributed by atoms with van der Waals surface area (Å²) < 4.78 is 1.81. The van der Waals surface area contributed by atoms with Crippen molar-refractivity contribution in [2.24, 2.45) is 5.92 Å². The van der Waals surface area contributed by atoms with E-state index in [-0.39, 0.29) is 0 Å². The van der Waals surface area contributed by atoms with E-state index >= 15 is 0 Å². The minimum atomic E-state index is 0.380. The van der Waals surface area contributed by atoms with Gasteiger partial charge >= 0.3 is 0 Å². The highest BCUT2D eigenvalue weighted by Gasteiger charge is 2.33. The van der Waals surface area contributed by atoms with Gasteiger partial charge in [-0.2, -0.15) is 6.07 Å². The molecule has 0 saturated carbocycles. The molecule has 18 heavy (non-hydrogen) atoms. The molecule has 1 aliphatic heterocycles. The molecule has 0 aromatic heterocycles. The minimum absolute atomic E-state index is 0.380. The molecule has 1 saturated heterocycles. The third kappa shape index (κ3) is 2.35. The molecule has 1 fully saturated rings. The summed E-state index contributed by atoms with van der Waals surface area (Å²) in [6.07, 6.45) is 8.64. The summed E-state index contributed by atoms with van der Waals surface area (Å²) in [6, 6.07) is 8.44. The van der Waals surface area contributed by atoms with Gasteiger partial charge in [0.15, 0.2) is 0 Å². The smallest absolute Gasteiger partial charge is 0.270 e. The lowest BCUT2D eigenvalue weighted by molar-refractivity contribution is 0.949. The van der Waals surface area contributed by atoms with E-state index in [9.17, 15) is 0 Å². The zero-order valence-electron chi connectivity index (χ0n) is 9.41. The summed E-state index contributed by atoms with van der Waals surface area (Å²) in [7, 11) is 0. The Kier molecular flexibility index (Phi) is 3.71. The van der Waals surface area contributed by atoms with Crippen LogP contribution < -0.4 is 0 Å². The van der Waals surface area contributed by atoms with Crippen molar-refractivity contribution in [3.63, 3.8) is 0 Å². The molecule has 0 spiro atoms. The summed E-state index contributed by atoms with van der Waals surface area (Å²) in [5.41, 5.74) is 1.28. The minimum Gasteiger partial charge on any atom is -0.272 e. The first kappa shape index (κ1) is 12.6. The third-order valence-corrected chi connectivity index (χ3v) is 6.94. The number of hydrogen-bond acceptors (Lipinski definition) is 2. The fourth-order valence-corrected chi connectivity index (χ4v) is 5.16. The quantitative estimate of drug-likeness (QED) is 0.357. The lowest BCUT2D eigenvalue weighted by atomic mass is 10.0. The molecule has 1 aliphatic carbocycles. The Hall–Kier alpha value is -0.420. The highest BCUT2D eigenvalue weighted by atomic mass is 32.2. The lowest BCUT2D eigenvalue weighted by Gasteiger charge is -2.41. The molecule has 4 heteroatoms. The Morgan fingerprint density at radius 3 is 2.50 bits per heavy atom. The Bertz CT molecular complexity index is 512. The van der Waals surface area contributed by atoms with E-state index in [1.54, 1.807) is 0 Å². The molecular weight excluding hydrogens is 296 g/mol. The maximum absolute atomic E-state index is 5.38. The van der Waals surface area contributed by atoms with Gasteiger partial charge in [-0.3, -0.25) is 11.6 Å². The normalized spacial score (nSPS) is 21.2. The number of rotatable bonds is 2. The first-order valence-corrected chi connectivity index (χ1v) is 8.19. The van der Waals surface area contributed by atoms with Crippen LogP contribution in [-0.4, -0.2) is 8.39 Å². The second-order valence-electron chi connectivity index (χ2n) is 4.04. The molecular formula is C14H11S4-. The number of allylic oxidation sites excluding steroid dienone is 4. The summed E-state index contributed by atoms with van der Waals surface area (Å²) >= 11 is 13.0. The maximum Gasteiger partial charge on any atom is 0.270 e. The molecule has 1 heterocycles. The van der Waals surface area contributed by atoms with Crippen molar-refractivity contribution in [3.8, 4) is 0 Å². The van der Waals surface area contributed by atoms with Crippen molar-refractivity contribution in [3.05, 3.63) is 64.6 Å². The van der Waals surface area contributed by atoms with Crippen LogP contribution in [0.1, 0.15) is 5.56 Å². The summed E-state index contributed by atoms with van der Waals surface area (Å²) in [5.74, 6) is 0.380. The summed E-state index contributed by atoms with van der Waals surface area (Å²) in [6.45, 7) is 0. The average Bonchev–Trinajstić information content (AvgIpc) is 3.02. The Morgan fingerprint density at radius 1 is 1.11 bits per heavy atom. The molecule has 0 atom stereocenters. The predicted molar refractivity (Wildman–Crippen MR) is 92.1 cm³/mol. The summed E-state index contributed by atoms with van der Waals surface area (Å²) in [4.78, 5) is 0. The number of hydrogen-bond donors (Lipinski definition) is 0. The van der Waals surface area contributed by atoms with Crippen LogP contribution in [0.15, 0.2) is 48.6 Å². The van der Waals surface area contributed by atoms with Crippen LogP contribution in [0.25, 0.3) is 0 Å². The summed E-state index contributed by atoms with van der Waals surface area (Å²) in [5, 5.41) is 2.72. The Labute approximate surface area is 126 Å². The van der Waals surface area contributed by atoms with Crippen molar-refractivity contribution >= 4 is 56.4 Å². The second-order valence-corrected chi connectivity index (χ2v) is 7.73. The first-order valence-electron chi connectivity index (χ1n) is 5.59. The van der Waals surface area contributed by atoms with E-state index in [0.717, 1.165) is 31.9 Å². The molecule has 0 unspecified atom stereocenters. The number of thiocarbonyl (C=S) groups is 2. The van der Waals surface area contributed by atoms with E-state index in [4.69, 9.17) is 24.4 Å². The van der Waals surface area contributed by atoms with Crippen LogP contribution >= 0.6 is 24.4 Å². The van der Waals surface area contributed by atoms with Crippen LogP contribution in [0.2, 0.25) is 0 Å². The van der Waals surface area contributed by atoms with Gasteiger partial charge in [-0.15, -0.1) is 29.2 Å². The molecule has 0 amide bonds. The maximum atomic E-state index is 5.38. The van der Waals surface area contributed by atoms with E-state index in [1.165, 1.54) is 16.1 Å². The fourth-order valence-electron chi connectivity index (χ4n) is 2.01. The van der Waals surface area contributed by atoms with E-state index < -0.39 is 0 Å². The van der Waals surface area contributed by atoms with Crippen molar-refractivity contribution < 1.29 is 0 Å². The van der Waals surface area contributed by atoms with Gasteiger partial charge in [0.05, 0.1) is 0 Å². The molecule has 0 nitrogen and oxygen atoms in total. The molecule has 0 bridgehead atoms. The van der Waals surface area contributed by atoms with Gasteiger partial charge in [0.1, 0.15) is 0 Å². The molecule has 1 aromatic carbocycles. The van der Waals surface area contributed by atoms with Crippen LogP contribution in [0.4, 0.5) is 0 Å². The largest absolute Gasteiger partial charge is 0.272 e. The standard InChI is InChI=1S/C14H11S4/c15-13-14(16)18-12(10-7-3-4-8-10)11(17-13)9-5-1-2-6-9/h1-9,17-18H/q-1. The molecule has 92 valence electrons. The third-order valence-electron chi connectivity index (χ3n) is 2.86. The highest BCUT2D eigenvalue weighted by Crippen LogP contribution is 2.40. The second kappa shape index (κ2) is 5.29. The van der Waals surface area contributed by atoms with Crippen molar-refractivity contribution in [1.82, 2.24) is 0 Å². The van der Waals surface area contributed by atoms with Gasteiger partial charge in [-0.25, -0.2) is 12.1 Å². The Balaban J connectivity index is 1.92. The SMILES string of the molecule is S=C1[SH+][C-](c2cc[cH-]c2)[C-](C2C=CC=C2)[SH+]C1=S.